The number of hydrogen-bond donors (Lipinski definition) is 1. The summed E-state index contributed by atoms with van der Waals surface area (Å²) in [5, 5.41) is 3.13. The van der Waals surface area contributed by atoms with E-state index in [1.807, 2.05) is 23.1 Å². The van der Waals surface area contributed by atoms with Crippen molar-refractivity contribution in [3.8, 4) is 0 Å². The van der Waals surface area contributed by atoms with E-state index >= 15 is 0 Å². The number of carbonyl (C=O) groups excluding carboxylic acids is 1. The number of para-hydroxylation sites is 1. The van der Waals surface area contributed by atoms with Crippen molar-refractivity contribution in [2.45, 2.75) is 19.4 Å². The summed E-state index contributed by atoms with van der Waals surface area (Å²) in [5.74, 6) is -0.0657. The van der Waals surface area contributed by atoms with E-state index in [4.69, 9.17) is 16.6 Å². The molecule has 2 aromatic rings. The van der Waals surface area contributed by atoms with Gasteiger partial charge >= 0.3 is 0 Å². The summed E-state index contributed by atoms with van der Waals surface area (Å²) < 4.78 is 5.06. The minimum Gasteiger partial charge on any atom is -0.459 e. The molecule has 1 aromatic heterocycles. The molecule has 1 aliphatic rings. The van der Waals surface area contributed by atoms with Crippen molar-refractivity contribution < 1.29 is 9.21 Å². The number of thiocarbonyl (C=S) groups is 1. The zero-order valence-corrected chi connectivity index (χ0v) is 11.8. The smallest absolute Gasteiger partial charge is 0.293 e. The Morgan fingerprint density at radius 2 is 2.15 bits per heavy atom. The third-order valence-corrected chi connectivity index (χ3v) is 3.69. The van der Waals surface area contributed by atoms with Crippen molar-refractivity contribution in [1.82, 2.24) is 5.32 Å². The molecule has 102 valence electrons. The number of anilines is 1. The molecule has 0 fully saturated rings. The molecule has 20 heavy (non-hydrogen) atoms. The maximum Gasteiger partial charge on any atom is 0.293 e. The van der Waals surface area contributed by atoms with Gasteiger partial charge in [0.25, 0.3) is 5.91 Å². The van der Waals surface area contributed by atoms with Crippen LogP contribution in [0, 0.1) is 0 Å². The van der Waals surface area contributed by atoms with Gasteiger partial charge in [0.1, 0.15) is 0 Å². The van der Waals surface area contributed by atoms with Crippen LogP contribution in [0.15, 0.2) is 47.1 Å². The highest BCUT2D eigenvalue weighted by Gasteiger charge is 2.29. The predicted octanol–water partition coefficient (Wildman–Crippen LogP) is 2.75. The fourth-order valence-electron chi connectivity index (χ4n) is 2.50. The molecule has 0 unspecified atom stereocenters. The fraction of sp³-hybridized carbons (Fsp3) is 0.200. The molecule has 1 amide bonds. The molecule has 1 N–H and O–H groups in total. The highest BCUT2D eigenvalue weighted by Crippen LogP contribution is 2.31. The van der Waals surface area contributed by atoms with Gasteiger partial charge in [-0.05, 0) is 49.3 Å². The van der Waals surface area contributed by atoms with Gasteiger partial charge in [0.2, 0.25) is 0 Å². The second-order valence-corrected chi connectivity index (χ2v) is 5.18. The van der Waals surface area contributed by atoms with Crippen LogP contribution in [-0.4, -0.2) is 17.1 Å². The molecule has 0 aliphatic carbocycles. The Kier molecular flexibility index (Phi) is 3.28. The topological polar surface area (TPSA) is 45.5 Å². The van der Waals surface area contributed by atoms with Crippen LogP contribution in [0.25, 0.3) is 0 Å². The molecule has 4 nitrogen and oxygen atoms in total. The number of amides is 1. The Hall–Kier alpha value is -2.14. The number of fused-ring (bicyclic) bond motifs is 1. The van der Waals surface area contributed by atoms with Gasteiger partial charge in [0.05, 0.1) is 6.26 Å². The van der Waals surface area contributed by atoms with Gasteiger partial charge in [-0.25, -0.2) is 0 Å². The van der Waals surface area contributed by atoms with Crippen molar-refractivity contribution in [2.24, 2.45) is 0 Å². The number of furan rings is 1. The largest absolute Gasteiger partial charge is 0.459 e. The van der Waals surface area contributed by atoms with E-state index in [9.17, 15) is 4.79 Å². The third kappa shape index (κ3) is 2.20. The Morgan fingerprint density at radius 1 is 1.35 bits per heavy atom. The molecule has 5 heteroatoms. The average Bonchev–Trinajstić information content (AvgIpc) is 3.04. The summed E-state index contributed by atoms with van der Waals surface area (Å²) >= 11 is 5.37. The second-order valence-electron chi connectivity index (χ2n) is 4.79. The summed E-state index contributed by atoms with van der Waals surface area (Å²) in [6, 6.07) is 11.6. The van der Waals surface area contributed by atoms with Gasteiger partial charge < -0.3 is 9.32 Å². The van der Waals surface area contributed by atoms with Crippen LogP contribution in [-0.2, 0) is 6.42 Å². The van der Waals surface area contributed by atoms with Crippen molar-refractivity contribution in [3.63, 3.8) is 0 Å². The number of rotatable bonds is 1. The quantitative estimate of drug-likeness (QED) is 0.819. The second kappa shape index (κ2) is 5.09. The number of carbonyl (C=O) groups is 1. The Labute approximate surface area is 122 Å². The molecule has 1 atom stereocenters. The average molecular weight is 286 g/mol. The SMILES string of the molecule is C[C@H]1Cc2ccccc2N1C(=S)NC(=O)c1ccco1. The monoisotopic (exact) mass is 286 g/mol. The van der Waals surface area contributed by atoms with E-state index in [-0.39, 0.29) is 17.7 Å². The van der Waals surface area contributed by atoms with E-state index in [0.29, 0.717) is 5.11 Å². The van der Waals surface area contributed by atoms with E-state index in [0.717, 1.165) is 12.1 Å². The van der Waals surface area contributed by atoms with Crippen molar-refractivity contribution in [2.75, 3.05) is 4.90 Å². The standard InChI is InChI=1S/C15H14N2O2S/c1-10-9-11-5-2-3-6-12(11)17(10)15(20)16-14(18)13-7-4-8-19-13/h2-8,10H,9H2,1H3,(H,16,18,20)/t10-/m0/s1. The molecule has 1 aliphatic heterocycles. The van der Waals surface area contributed by atoms with Crippen LogP contribution in [0.2, 0.25) is 0 Å². The molecule has 0 saturated heterocycles. The Morgan fingerprint density at radius 3 is 2.90 bits per heavy atom. The molecule has 1 aromatic carbocycles. The number of nitrogens with zero attached hydrogens (tertiary/aromatic N) is 1. The number of hydrogen-bond acceptors (Lipinski definition) is 3. The van der Waals surface area contributed by atoms with Crippen LogP contribution in [0.3, 0.4) is 0 Å². The molecule has 0 saturated carbocycles. The normalized spacial score (nSPS) is 16.9. The summed E-state index contributed by atoms with van der Waals surface area (Å²) in [6.07, 6.45) is 2.39. The first-order valence-electron chi connectivity index (χ1n) is 6.43. The lowest BCUT2D eigenvalue weighted by atomic mass is 10.1. The summed E-state index contributed by atoms with van der Waals surface area (Å²) in [7, 11) is 0. The van der Waals surface area contributed by atoms with Crippen LogP contribution < -0.4 is 10.2 Å². The van der Waals surface area contributed by atoms with E-state index in [1.54, 1.807) is 12.1 Å². The van der Waals surface area contributed by atoms with E-state index in [1.165, 1.54) is 11.8 Å². The van der Waals surface area contributed by atoms with Crippen LogP contribution in [0.5, 0.6) is 0 Å². The first kappa shape index (κ1) is 12.9. The highest BCUT2D eigenvalue weighted by molar-refractivity contribution is 7.80. The van der Waals surface area contributed by atoms with Gasteiger partial charge in [-0.15, -0.1) is 0 Å². The van der Waals surface area contributed by atoms with Gasteiger partial charge in [-0.1, -0.05) is 18.2 Å². The number of nitrogens with one attached hydrogen (secondary N) is 1. The molecular formula is C15H14N2O2S. The Bertz CT molecular complexity index is 652. The molecule has 3 rings (SSSR count). The summed E-state index contributed by atoms with van der Waals surface area (Å²) in [5.41, 5.74) is 2.30. The molecule has 0 radical (unpaired) electrons. The maximum absolute atomic E-state index is 12.0. The number of benzene rings is 1. The lowest BCUT2D eigenvalue weighted by molar-refractivity contribution is 0.0950. The van der Waals surface area contributed by atoms with Crippen LogP contribution in [0.4, 0.5) is 5.69 Å². The molecule has 0 bridgehead atoms. The van der Waals surface area contributed by atoms with Crippen LogP contribution >= 0.6 is 12.2 Å². The lowest BCUT2D eigenvalue weighted by Gasteiger charge is -2.25. The lowest BCUT2D eigenvalue weighted by Crippen LogP contribution is -2.45. The van der Waals surface area contributed by atoms with Crippen LogP contribution in [0.1, 0.15) is 23.0 Å². The van der Waals surface area contributed by atoms with Crippen molar-refractivity contribution in [1.29, 1.82) is 0 Å². The molecule has 2 heterocycles. The first-order valence-corrected chi connectivity index (χ1v) is 6.83. The minimum absolute atomic E-state index is 0.233. The van der Waals surface area contributed by atoms with Crippen molar-refractivity contribution >= 4 is 28.9 Å². The van der Waals surface area contributed by atoms with E-state index < -0.39 is 0 Å². The van der Waals surface area contributed by atoms with E-state index in [2.05, 4.69) is 18.3 Å². The summed E-state index contributed by atoms with van der Waals surface area (Å²) in [6.45, 7) is 2.09. The van der Waals surface area contributed by atoms with Crippen molar-refractivity contribution in [3.05, 3.63) is 54.0 Å². The first-order chi connectivity index (χ1) is 9.66. The maximum atomic E-state index is 12.0. The zero-order chi connectivity index (χ0) is 14.1. The highest BCUT2D eigenvalue weighted by atomic mass is 32.1. The third-order valence-electron chi connectivity index (χ3n) is 3.39. The van der Waals surface area contributed by atoms with Gasteiger partial charge in [0, 0.05) is 11.7 Å². The van der Waals surface area contributed by atoms with Gasteiger partial charge in [0.15, 0.2) is 10.9 Å². The molecular weight excluding hydrogens is 272 g/mol. The fourth-order valence-corrected chi connectivity index (χ4v) is 2.87. The Balaban J connectivity index is 1.79. The summed E-state index contributed by atoms with van der Waals surface area (Å²) in [4.78, 5) is 14.0. The zero-order valence-electron chi connectivity index (χ0n) is 11.0. The minimum atomic E-state index is -0.323. The van der Waals surface area contributed by atoms with Gasteiger partial charge in [-0.3, -0.25) is 10.1 Å². The predicted molar refractivity (Wildman–Crippen MR) is 80.9 cm³/mol. The molecule has 0 spiro atoms. The van der Waals surface area contributed by atoms with Gasteiger partial charge in [-0.2, -0.15) is 0 Å².